The molecular formula is C12H15NO3S. The summed E-state index contributed by atoms with van der Waals surface area (Å²) < 4.78 is 12.9. The predicted octanol–water partition coefficient (Wildman–Crippen LogP) is 1.73. The van der Waals surface area contributed by atoms with Crippen LogP contribution in [-0.4, -0.2) is 31.5 Å². The number of methoxy groups -OCH3 is 1. The van der Waals surface area contributed by atoms with Crippen LogP contribution in [0.25, 0.3) is 10.1 Å². The van der Waals surface area contributed by atoms with Crippen molar-refractivity contribution < 1.29 is 9.47 Å². The van der Waals surface area contributed by atoms with Gasteiger partial charge in [-0.3, -0.25) is 4.79 Å². The average molecular weight is 253 g/mol. The molecule has 0 saturated heterocycles. The Morgan fingerprint density at radius 1 is 1.29 bits per heavy atom. The van der Waals surface area contributed by atoms with Crippen molar-refractivity contribution in [2.75, 3.05) is 26.9 Å². The molecule has 17 heavy (non-hydrogen) atoms. The molecule has 0 amide bonds. The van der Waals surface area contributed by atoms with E-state index >= 15 is 0 Å². The van der Waals surface area contributed by atoms with Crippen molar-refractivity contribution >= 4 is 21.4 Å². The second kappa shape index (κ2) is 5.95. The quantitative estimate of drug-likeness (QED) is 0.736. The lowest BCUT2D eigenvalue weighted by molar-refractivity contribution is 0.0663. The number of hydrogen-bond donors (Lipinski definition) is 0. The highest BCUT2D eigenvalue weighted by atomic mass is 32.1. The number of thiophene rings is 1. The van der Waals surface area contributed by atoms with Gasteiger partial charge in [0.05, 0.1) is 25.2 Å². The Kier molecular flexibility index (Phi) is 4.30. The molecule has 0 aliphatic rings. The van der Waals surface area contributed by atoms with E-state index in [4.69, 9.17) is 9.47 Å². The Balaban J connectivity index is 1.99. The van der Waals surface area contributed by atoms with Crippen LogP contribution in [-0.2, 0) is 16.0 Å². The zero-order valence-corrected chi connectivity index (χ0v) is 10.5. The molecule has 0 unspecified atom stereocenters. The number of aromatic nitrogens is 1. The molecule has 2 aromatic rings. The van der Waals surface area contributed by atoms with Gasteiger partial charge in [0.1, 0.15) is 0 Å². The first kappa shape index (κ1) is 12.3. The summed E-state index contributed by atoms with van der Waals surface area (Å²) in [7, 11) is 1.64. The summed E-state index contributed by atoms with van der Waals surface area (Å²) in [5.74, 6) is 0. The molecule has 5 heteroatoms. The highest BCUT2D eigenvalue weighted by Crippen LogP contribution is 2.15. The Morgan fingerprint density at radius 2 is 2.18 bits per heavy atom. The van der Waals surface area contributed by atoms with E-state index in [2.05, 4.69) is 0 Å². The molecule has 0 spiro atoms. The maximum atomic E-state index is 12.0. The van der Waals surface area contributed by atoms with Gasteiger partial charge >= 0.3 is 0 Å². The van der Waals surface area contributed by atoms with Crippen LogP contribution in [0.15, 0.2) is 28.5 Å². The summed E-state index contributed by atoms with van der Waals surface area (Å²) in [6, 6.07) is 3.83. The fraction of sp³-hybridized carbons (Fsp3) is 0.417. The zero-order chi connectivity index (χ0) is 12.1. The summed E-state index contributed by atoms with van der Waals surface area (Å²) in [5, 5.41) is 2.72. The summed E-state index contributed by atoms with van der Waals surface area (Å²) >= 11 is 1.58. The van der Waals surface area contributed by atoms with E-state index in [0.29, 0.717) is 26.4 Å². The maximum Gasteiger partial charge on any atom is 0.259 e. The average Bonchev–Trinajstić information content (AvgIpc) is 2.80. The standard InChI is InChI=1S/C12H15NO3S/c1-15-7-8-16-6-5-13-4-2-11-10(12(13)14)3-9-17-11/h2-4,9H,5-8H2,1H3. The van der Waals surface area contributed by atoms with Crippen molar-refractivity contribution in [1.82, 2.24) is 4.57 Å². The van der Waals surface area contributed by atoms with Crippen molar-refractivity contribution in [1.29, 1.82) is 0 Å². The molecule has 0 aliphatic carbocycles. The molecule has 0 atom stereocenters. The minimum absolute atomic E-state index is 0.0547. The number of pyridine rings is 1. The normalized spacial score (nSPS) is 11.1. The van der Waals surface area contributed by atoms with Crippen LogP contribution in [0.3, 0.4) is 0 Å². The molecule has 0 radical (unpaired) electrons. The molecule has 2 heterocycles. The van der Waals surface area contributed by atoms with E-state index in [1.807, 2.05) is 23.7 Å². The van der Waals surface area contributed by atoms with Gasteiger partial charge in [0, 0.05) is 24.6 Å². The molecule has 0 N–H and O–H groups in total. The van der Waals surface area contributed by atoms with Crippen LogP contribution in [0.4, 0.5) is 0 Å². The number of ether oxygens (including phenoxy) is 2. The van der Waals surface area contributed by atoms with Crippen LogP contribution in [0.2, 0.25) is 0 Å². The van der Waals surface area contributed by atoms with Crippen molar-refractivity contribution in [2.45, 2.75) is 6.54 Å². The molecule has 0 aromatic carbocycles. The van der Waals surface area contributed by atoms with Gasteiger partial charge in [0.15, 0.2) is 0 Å². The third kappa shape index (κ3) is 2.94. The lowest BCUT2D eigenvalue weighted by Crippen LogP contribution is -2.21. The van der Waals surface area contributed by atoms with E-state index in [1.54, 1.807) is 23.0 Å². The van der Waals surface area contributed by atoms with Crippen LogP contribution < -0.4 is 5.56 Å². The van der Waals surface area contributed by atoms with Gasteiger partial charge in [0.25, 0.3) is 5.56 Å². The first-order valence-corrected chi connectivity index (χ1v) is 6.34. The van der Waals surface area contributed by atoms with Gasteiger partial charge < -0.3 is 14.0 Å². The van der Waals surface area contributed by atoms with Crippen molar-refractivity contribution in [3.8, 4) is 0 Å². The van der Waals surface area contributed by atoms with E-state index in [0.717, 1.165) is 10.1 Å². The first-order chi connectivity index (χ1) is 8.33. The van der Waals surface area contributed by atoms with Crippen molar-refractivity contribution in [2.24, 2.45) is 0 Å². The highest BCUT2D eigenvalue weighted by Gasteiger charge is 2.02. The molecule has 2 rings (SSSR count). The van der Waals surface area contributed by atoms with E-state index in [9.17, 15) is 4.79 Å². The van der Waals surface area contributed by atoms with Crippen molar-refractivity contribution in [3.05, 3.63) is 34.1 Å². The number of fused-ring (bicyclic) bond motifs is 1. The molecular weight excluding hydrogens is 238 g/mol. The highest BCUT2D eigenvalue weighted by molar-refractivity contribution is 7.17. The van der Waals surface area contributed by atoms with Gasteiger partial charge in [-0.05, 0) is 17.5 Å². The van der Waals surface area contributed by atoms with Gasteiger partial charge in [-0.2, -0.15) is 0 Å². The topological polar surface area (TPSA) is 40.5 Å². The fourth-order valence-corrected chi connectivity index (χ4v) is 2.36. The Bertz CT molecular complexity index is 532. The lowest BCUT2D eigenvalue weighted by Gasteiger charge is -2.06. The SMILES string of the molecule is COCCOCCn1ccc2sccc2c1=O. The fourth-order valence-electron chi connectivity index (χ4n) is 1.59. The summed E-state index contributed by atoms with van der Waals surface area (Å²) in [4.78, 5) is 12.0. The lowest BCUT2D eigenvalue weighted by atomic mass is 10.3. The zero-order valence-electron chi connectivity index (χ0n) is 9.72. The summed E-state index contributed by atoms with van der Waals surface area (Å²) in [5.41, 5.74) is 0.0547. The third-order valence-electron chi connectivity index (χ3n) is 2.50. The monoisotopic (exact) mass is 253 g/mol. The molecule has 92 valence electrons. The Labute approximate surface area is 103 Å². The predicted molar refractivity (Wildman–Crippen MR) is 68.8 cm³/mol. The minimum atomic E-state index is 0.0547. The largest absolute Gasteiger partial charge is 0.382 e. The number of hydrogen-bond acceptors (Lipinski definition) is 4. The van der Waals surface area contributed by atoms with Crippen LogP contribution >= 0.6 is 11.3 Å². The molecule has 2 aromatic heterocycles. The van der Waals surface area contributed by atoms with Crippen LogP contribution in [0.5, 0.6) is 0 Å². The first-order valence-electron chi connectivity index (χ1n) is 5.46. The van der Waals surface area contributed by atoms with Gasteiger partial charge in [-0.25, -0.2) is 0 Å². The number of rotatable bonds is 6. The Hall–Kier alpha value is -1.17. The van der Waals surface area contributed by atoms with Crippen molar-refractivity contribution in [3.63, 3.8) is 0 Å². The van der Waals surface area contributed by atoms with E-state index in [1.165, 1.54) is 0 Å². The molecule has 0 fully saturated rings. The van der Waals surface area contributed by atoms with Gasteiger partial charge in [-0.15, -0.1) is 11.3 Å². The Morgan fingerprint density at radius 3 is 3.00 bits per heavy atom. The van der Waals surface area contributed by atoms with E-state index < -0.39 is 0 Å². The van der Waals surface area contributed by atoms with Crippen LogP contribution in [0, 0.1) is 0 Å². The van der Waals surface area contributed by atoms with E-state index in [-0.39, 0.29) is 5.56 Å². The smallest absolute Gasteiger partial charge is 0.259 e. The minimum Gasteiger partial charge on any atom is -0.382 e. The van der Waals surface area contributed by atoms with Gasteiger partial charge in [-0.1, -0.05) is 0 Å². The van der Waals surface area contributed by atoms with Crippen LogP contribution in [0.1, 0.15) is 0 Å². The molecule has 0 aliphatic heterocycles. The molecule has 4 nitrogen and oxygen atoms in total. The summed E-state index contributed by atoms with van der Waals surface area (Å²) in [6.45, 7) is 2.25. The molecule has 0 bridgehead atoms. The molecule has 0 saturated carbocycles. The summed E-state index contributed by atoms with van der Waals surface area (Å²) in [6.07, 6.45) is 1.82. The third-order valence-corrected chi connectivity index (χ3v) is 3.38. The second-order valence-corrected chi connectivity index (χ2v) is 4.57. The second-order valence-electron chi connectivity index (χ2n) is 3.62. The van der Waals surface area contributed by atoms with Gasteiger partial charge in [0.2, 0.25) is 0 Å². The number of nitrogens with zero attached hydrogens (tertiary/aromatic N) is 1. The maximum absolute atomic E-state index is 12.0.